The van der Waals surface area contributed by atoms with Gasteiger partial charge < -0.3 is 15.2 Å². The van der Waals surface area contributed by atoms with Gasteiger partial charge in [0.05, 0.1) is 6.54 Å². The smallest absolute Gasteiger partial charge is 0.191 e. The molecule has 0 saturated carbocycles. The molecule has 0 fully saturated rings. The number of hydrogen-bond donors (Lipinski definition) is 2. The highest BCUT2D eigenvalue weighted by molar-refractivity contribution is 5.79. The Kier molecular flexibility index (Phi) is 5.82. The van der Waals surface area contributed by atoms with Crippen LogP contribution in [0.1, 0.15) is 22.7 Å². The zero-order chi connectivity index (χ0) is 17.3. The second-order valence-electron chi connectivity index (χ2n) is 5.67. The van der Waals surface area contributed by atoms with Crippen molar-refractivity contribution < 1.29 is 4.52 Å². The first-order valence-corrected chi connectivity index (χ1v) is 8.30. The molecule has 3 aromatic rings. The summed E-state index contributed by atoms with van der Waals surface area (Å²) < 4.78 is 4.84. The van der Waals surface area contributed by atoms with Crippen LogP contribution in [0.2, 0.25) is 0 Å². The maximum atomic E-state index is 4.84. The van der Waals surface area contributed by atoms with Crippen LogP contribution in [-0.2, 0) is 6.54 Å². The van der Waals surface area contributed by atoms with Crippen LogP contribution in [0.5, 0.6) is 0 Å². The van der Waals surface area contributed by atoms with Crippen molar-refractivity contribution >= 4 is 5.96 Å². The van der Waals surface area contributed by atoms with Gasteiger partial charge in [0.1, 0.15) is 12.0 Å². The zero-order valence-corrected chi connectivity index (χ0v) is 14.2. The van der Waals surface area contributed by atoms with Crippen LogP contribution in [0.15, 0.2) is 82.5 Å². The highest BCUT2D eigenvalue weighted by Gasteiger charge is 2.14. The highest BCUT2D eigenvalue weighted by Crippen LogP contribution is 2.23. The monoisotopic (exact) mass is 334 g/mol. The van der Waals surface area contributed by atoms with E-state index in [9.17, 15) is 0 Å². The first-order chi connectivity index (χ1) is 12.4. The number of benzene rings is 2. The lowest BCUT2D eigenvalue weighted by Crippen LogP contribution is -2.39. The highest BCUT2D eigenvalue weighted by atomic mass is 16.5. The van der Waals surface area contributed by atoms with Crippen molar-refractivity contribution in [2.24, 2.45) is 4.99 Å². The summed E-state index contributed by atoms with van der Waals surface area (Å²) in [6, 6.07) is 22.8. The van der Waals surface area contributed by atoms with E-state index in [1.807, 2.05) is 18.2 Å². The molecule has 1 heterocycles. The van der Waals surface area contributed by atoms with Gasteiger partial charge in [0, 0.05) is 25.6 Å². The number of nitrogens with one attached hydrogen (secondary N) is 2. The minimum absolute atomic E-state index is 0.244. The van der Waals surface area contributed by atoms with Crippen molar-refractivity contribution in [1.29, 1.82) is 0 Å². The van der Waals surface area contributed by atoms with Gasteiger partial charge >= 0.3 is 0 Å². The van der Waals surface area contributed by atoms with E-state index < -0.39 is 0 Å². The Morgan fingerprint density at radius 3 is 2.12 bits per heavy atom. The molecule has 0 radical (unpaired) electrons. The summed E-state index contributed by atoms with van der Waals surface area (Å²) >= 11 is 0. The zero-order valence-electron chi connectivity index (χ0n) is 14.2. The molecule has 0 aliphatic carbocycles. The van der Waals surface area contributed by atoms with Crippen molar-refractivity contribution in [2.45, 2.75) is 12.5 Å². The van der Waals surface area contributed by atoms with E-state index in [2.05, 4.69) is 69.3 Å². The van der Waals surface area contributed by atoms with Gasteiger partial charge in [0.2, 0.25) is 0 Å². The van der Waals surface area contributed by atoms with E-state index in [0.29, 0.717) is 6.54 Å². The molecule has 5 nitrogen and oxygen atoms in total. The lowest BCUT2D eigenvalue weighted by molar-refractivity contribution is 0.410. The van der Waals surface area contributed by atoms with Crippen LogP contribution in [0.25, 0.3) is 0 Å². The molecule has 0 amide bonds. The number of guanidine groups is 1. The summed E-state index contributed by atoms with van der Waals surface area (Å²) in [6.07, 6.45) is 1.56. The summed E-state index contributed by atoms with van der Waals surface area (Å²) in [4.78, 5) is 4.28. The minimum atomic E-state index is 0.244. The number of nitrogens with zero attached hydrogens (tertiary/aromatic N) is 2. The molecule has 0 aliphatic heterocycles. The van der Waals surface area contributed by atoms with Crippen molar-refractivity contribution in [3.8, 4) is 0 Å². The normalized spacial score (nSPS) is 11.5. The van der Waals surface area contributed by atoms with Gasteiger partial charge in [-0.2, -0.15) is 0 Å². The summed E-state index contributed by atoms with van der Waals surface area (Å²) in [5.74, 6) is 0.980. The maximum Gasteiger partial charge on any atom is 0.191 e. The van der Waals surface area contributed by atoms with Crippen LogP contribution in [0, 0.1) is 0 Å². The Balaban J connectivity index is 1.67. The van der Waals surface area contributed by atoms with Gasteiger partial charge in [0.25, 0.3) is 0 Å². The van der Waals surface area contributed by atoms with Crippen LogP contribution >= 0.6 is 0 Å². The van der Waals surface area contributed by atoms with Gasteiger partial charge in [-0.1, -0.05) is 65.8 Å². The van der Waals surface area contributed by atoms with E-state index in [4.69, 9.17) is 4.52 Å². The number of aliphatic imine (C=N–C) groups is 1. The van der Waals surface area contributed by atoms with E-state index in [1.165, 1.54) is 11.1 Å². The third-order valence-corrected chi connectivity index (χ3v) is 4.03. The van der Waals surface area contributed by atoms with E-state index >= 15 is 0 Å². The topological polar surface area (TPSA) is 62.5 Å². The van der Waals surface area contributed by atoms with Gasteiger partial charge in [-0.25, -0.2) is 0 Å². The Morgan fingerprint density at radius 1 is 0.960 bits per heavy atom. The fourth-order valence-electron chi connectivity index (χ4n) is 2.72. The first-order valence-electron chi connectivity index (χ1n) is 8.30. The fraction of sp³-hybridized carbons (Fsp3) is 0.200. The second kappa shape index (κ2) is 8.68. The van der Waals surface area contributed by atoms with Crippen molar-refractivity contribution in [1.82, 2.24) is 15.8 Å². The molecule has 2 aromatic carbocycles. The Hall–Kier alpha value is -3.08. The number of rotatable bonds is 6. The Morgan fingerprint density at radius 2 is 1.60 bits per heavy atom. The van der Waals surface area contributed by atoms with Crippen molar-refractivity contribution in [3.63, 3.8) is 0 Å². The number of hydrogen-bond acceptors (Lipinski definition) is 3. The average Bonchev–Trinajstić information content (AvgIpc) is 3.20. The van der Waals surface area contributed by atoms with Gasteiger partial charge in [-0.15, -0.1) is 0 Å². The van der Waals surface area contributed by atoms with Crippen LogP contribution < -0.4 is 10.6 Å². The lowest BCUT2D eigenvalue weighted by atomic mass is 9.91. The SMILES string of the molecule is CN=C(NCc1ccon1)NCC(c1ccccc1)c1ccccc1. The maximum absolute atomic E-state index is 4.84. The molecule has 0 aliphatic rings. The van der Waals surface area contributed by atoms with Gasteiger partial charge in [-0.05, 0) is 11.1 Å². The molecule has 1 aromatic heterocycles. The largest absolute Gasteiger partial charge is 0.364 e. The molecule has 0 atom stereocenters. The minimum Gasteiger partial charge on any atom is -0.364 e. The van der Waals surface area contributed by atoms with Crippen molar-refractivity contribution in [2.75, 3.05) is 13.6 Å². The number of aromatic nitrogens is 1. The molecule has 2 N–H and O–H groups in total. The van der Waals surface area contributed by atoms with Gasteiger partial charge in [-0.3, -0.25) is 4.99 Å². The van der Waals surface area contributed by atoms with Crippen LogP contribution in [0.4, 0.5) is 0 Å². The van der Waals surface area contributed by atoms with E-state index in [1.54, 1.807) is 13.3 Å². The van der Waals surface area contributed by atoms with E-state index in [0.717, 1.165) is 18.2 Å². The first kappa shape index (κ1) is 16.8. The lowest BCUT2D eigenvalue weighted by Gasteiger charge is -2.20. The van der Waals surface area contributed by atoms with Crippen molar-refractivity contribution in [3.05, 3.63) is 89.8 Å². The van der Waals surface area contributed by atoms with Gasteiger partial charge in [0.15, 0.2) is 5.96 Å². The van der Waals surface area contributed by atoms with Crippen LogP contribution in [0.3, 0.4) is 0 Å². The predicted octanol–water partition coefficient (Wildman–Crippen LogP) is 3.17. The summed E-state index contributed by atoms with van der Waals surface area (Å²) in [6.45, 7) is 1.31. The molecule has 25 heavy (non-hydrogen) atoms. The average molecular weight is 334 g/mol. The molecule has 5 heteroatoms. The summed E-state index contributed by atoms with van der Waals surface area (Å²) in [5.41, 5.74) is 3.38. The molecular weight excluding hydrogens is 312 g/mol. The second-order valence-corrected chi connectivity index (χ2v) is 5.67. The molecule has 0 saturated heterocycles. The molecule has 0 bridgehead atoms. The summed E-state index contributed by atoms with van der Waals surface area (Å²) in [5, 5.41) is 10.5. The van der Waals surface area contributed by atoms with E-state index in [-0.39, 0.29) is 5.92 Å². The van der Waals surface area contributed by atoms with Crippen LogP contribution in [-0.4, -0.2) is 24.7 Å². The Bertz CT molecular complexity index is 730. The molecule has 3 rings (SSSR count). The molecule has 128 valence electrons. The summed E-state index contributed by atoms with van der Waals surface area (Å²) in [7, 11) is 1.76. The fourth-order valence-corrected chi connectivity index (χ4v) is 2.72. The molecule has 0 unspecified atom stereocenters. The third kappa shape index (κ3) is 4.70. The standard InChI is InChI=1S/C20H22N4O/c1-21-20(22-14-18-12-13-25-24-18)23-15-19(16-8-4-2-5-9-16)17-10-6-3-7-11-17/h2-13,19H,14-15H2,1H3,(H2,21,22,23). The predicted molar refractivity (Wildman–Crippen MR) is 99.4 cm³/mol. The quantitative estimate of drug-likeness (QED) is 0.537. The molecule has 0 spiro atoms. The molecular formula is C20H22N4O. The third-order valence-electron chi connectivity index (χ3n) is 4.03. The Labute approximate surface area is 147 Å².